The van der Waals surface area contributed by atoms with E-state index in [4.69, 9.17) is 18.9 Å². The molecule has 1 aliphatic carbocycles. The van der Waals surface area contributed by atoms with E-state index in [9.17, 15) is 24.3 Å². The third kappa shape index (κ3) is 10.8. The fourth-order valence-corrected chi connectivity index (χ4v) is 7.40. The zero-order valence-electron chi connectivity index (χ0n) is 32.0. The van der Waals surface area contributed by atoms with Crippen LogP contribution in [0.1, 0.15) is 79.7 Å². The molecule has 1 aromatic carbocycles. The molecule has 0 radical (unpaired) electrons. The van der Waals surface area contributed by atoms with Crippen molar-refractivity contribution in [1.29, 1.82) is 0 Å². The molecule has 2 aliphatic heterocycles. The third-order valence-electron chi connectivity index (χ3n) is 10.2. The van der Waals surface area contributed by atoms with Gasteiger partial charge in [0.1, 0.15) is 11.9 Å². The molecule has 0 spiro atoms. The van der Waals surface area contributed by atoms with Crippen molar-refractivity contribution in [3.8, 4) is 0 Å². The SMILES string of the molecule is CCCc1cc(N[C@@H]2CCC(CNC(=O)CCOCCOCCOCCOCCNc3cccc4c3C(=O)N(C3CCC(=O)NC3=O)C4O)C2)n2nccc2n1. The molecule has 4 heterocycles. The summed E-state index contributed by atoms with van der Waals surface area (Å²) in [5.41, 5.74) is 3.17. The van der Waals surface area contributed by atoms with Crippen molar-refractivity contribution in [2.75, 3.05) is 76.6 Å². The van der Waals surface area contributed by atoms with Gasteiger partial charge in [-0.25, -0.2) is 4.98 Å². The van der Waals surface area contributed by atoms with Crippen molar-refractivity contribution < 1.29 is 43.2 Å². The van der Waals surface area contributed by atoms with Crippen LogP contribution in [0.5, 0.6) is 0 Å². The summed E-state index contributed by atoms with van der Waals surface area (Å²) in [4.78, 5) is 55.4. The Morgan fingerprint density at radius 3 is 2.46 bits per heavy atom. The van der Waals surface area contributed by atoms with Crippen LogP contribution in [0.25, 0.3) is 5.65 Å². The predicted octanol–water partition coefficient (Wildman–Crippen LogP) is 2.20. The molecule has 3 unspecified atom stereocenters. The second-order valence-electron chi connectivity index (χ2n) is 14.3. The fraction of sp³-hybridized carbons (Fsp3) is 0.590. The molecule has 6 rings (SSSR count). The van der Waals surface area contributed by atoms with Gasteiger partial charge < -0.3 is 40.0 Å². The van der Waals surface area contributed by atoms with Gasteiger partial charge in [-0.2, -0.15) is 9.61 Å². The van der Waals surface area contributed by atoms with Gasteiger partial charge in [0, 0.05) is 61.1 Å². The fourth-order valence-electron chi connectivity index (χ4n) is 7.40. The number of carbonyl (C=O) groups excluding carboxylic acids is 4. The number of imide groups is 1. The number of hydrogen-bond donors (Lipinski definition) is 5. The van der Waals surface area contributed by atoms with Gasteiger partial charge in [0.15, 0.2) is 11.9 Å². The first-order chi connectivity index (χ1) is 27.3. The summed E-state index contributed by atoms with van der Waals surface area (Å²) in [7, 11) is 0. The number of carbonyl (C=O) groups is 4. The zero-order valence-corrected chi connectivity index (χ0v) is 32.0. The Hall–Kier alpha value is -4.68. The van der Waals surface area contributed by atoms with Gasteiger partial charge in [-0.3, -0.25) is 29.4 Å². The Bertz CT molecular complexity index is 1800. The predicted molar refractivity (Wildman–Crippen MR) is 205 cm³/mol. The van der Waals surface area contributed by atoms with Gasteiger partial charge in [0.05, 0.1) is 64.6 Å². The Morgan fingerprint density at radius 1 is 0.964 bits per heavy atom. The number of amides is 4. The van der Waals surface area contributed by atoms with Crippen LogP contribution in [0, 0.1) is 5.92 Å². The minimum atomic E-state index is -1.27. The van der Waals surface area contributed by atoms with E-state index in [0.29, 0.717) is 101 Å². The van der Waals surface area contributed by atoms with Crippen molar-refractivity contribution in [2.24, 2.45) is 5.92 Å². The molecule has 3 aliphatic rings. The van der Waals surface area contributed by atoms with Crippen LogP contribution in [0.2, 0.25) is 0 Å². The van der Waals surface area contributed by atoms with Crippen LogP contribution in [0.3, 0.4) is 0 Å². The monoisotopic (exact) mass is 778 g/mol. The highest BCUT2D eigenvalue weighted by Gasteiger charge is 2.45. The molecule has 1 saturated carbocycles. The molecule has 5 N–H and O–H groups in total. The average molecular weight is 779 g/mol. The summed E-state index contributed by atoms with van der Waals surface area (Å²) < 4.78 is 24.2. The number of fused-ring (bicyclic) bond motifs is 2. The van der Waals surface area contributed by atoms with E-state index in [0.717, 1.165) is 54.2 Å². The van der Waals surface area contributed by atoms with Crippen molar-refractivity contribution in [2.45, 2.75) is 76.6 Å². The normalized spacial score (nSPS) is 20.8. The second-order valence-corrected chi connectivity index (χ2v) is 14.3. The number of aliphatic hydroxyl groups excluding tert-OH is 1. The van der Waals surface area contributed by atoms with Gasteiger partial charge in [0.25, 0.3) is 5.91 Å². The summed E-state index contributed by atoms with van der Waals surface area (Å²) in [5.74, 6) is -0.0499. The highest BCUT2D eigenvalue weighted by Crippen LogP contribution is 2.38. The Balaban J connectivity index is 0.739. The minimum absolute atomic E-state index is 0.0118. The van der Waals surface area contributed by atoms with Gasteiger partial charge >= 0.3 is 0 Å². The number of nitrogens with one attached hydrogen (secondary N) is 4. The molecular weight excluding hydrogens is 724 g/mol. The molecule has 17 heteroatoms. The summed E-state index contributed by atoms with van der Waals surface area (Å²) in [6, 6.07) is 8.55. The molecule has 4 amide bonds. The average Bonchev–Trinajstić information content (AvgIpc) is 3.91. The standard InChI is InChI=1S/C39H54N8O9/c1-2-4-27-24-33(47-32(43-27)11-13-42-47)44-28-8-7-26(23-28)25-41-34(48)12-15-53-17-19-55-21-22-56-20-18-54-16-14-40-30-6-3-5-29-36(30)39(52)46(38(29)51)31-9-10-35(49)45-37(31)50/h3,5-6,11,13,24,26,28,31,38,40,44,51H,2,4,7-10,12,14-23,25H2,1H3,(H,41,48)(H,45,49,50)/t26?,28-,31?,38?/m1/s1. The highest BCUT2D eigenvalue weighted by atomic mass is 16.6. The van der Waals surface area contributed by atoms with Crippen LogP contribution in [0.15, 0.2) is 36.5 Å². The van der Waals surface area contributed by atoms with E-state index in [2.05, 4.69) is 44.3 Å². The van der Waals surface area contributed by atoms with E-state index in [-0.39, 0.29) is 24.7 Å². The smallest absolute Gasteiger partial charge is 0.259 e. The first-order valence-corrected chi connectivity index (χ1v) is 19.7. The number of piperidine rings is 1. The number of aliphatic hydroxyl groups is 1. The van der Waals surface area contributed by atoms with E-state index in [1.807, 2.05) is 10.6 Å². The lowest BCUT2D eigenvalue weighted by Crippen LogP contribution is -2.53. The number of anilines is 2. The van der Waals surface area contributed by atoms with Crippen LogP contribution >= 0.6 is 0 Å². The summed E-state index contributed by atoms with van der Waals surface area (Å²) in [6.07, 6.45) is 6.12. The lowest BCUT2D eigenvalue weighted by Gasteiger charge is -2.31. The molecule has 2 fully saturated rings. The summed E-state index contributed by atoms with van der Waals surface area (Å²) >= 11 is 0. The van der Waals surface area contributed by atoms with E-state index in [1.54, 1.807) is 24.4 Å². The molecule has 2 aromatic heterocycles. The number of hydrogen-bond acceptors (Lipinski definition) is 13. The van der Waals surface area contributed by atoms with Gasteiger partial charge in [-0.1, -0.05) is 25.5 Å². The van der Waals surface area contributed by atoms with Crippen LogP contribution in [0.4, 0.5) is 11.5 Å². The maximum absolute atomic E-state index is 13.2. The maximum atomic E-state index is 13.2. The molecule has 304 valence electrons. The lowest BCUT2D eigenvalue weighted by atomic mass is 10.0. The largest absolute Gasteiger partial charge is 0.382 e. The Morgan fingerprint density at radius 2 is 1.71 bits per heavy atom. The van der Waals surface area contributed by atoms with E-state index in [1.165, 1.54) is 0 Å². The van der Waals surface area contributed by atoms with Gasteiger partial charge in [-0.05, 0) is 44.1 Å². The van der Waals surface area contributed by atoms with Crippen molar-refractivity contribution >= 4 is 40.8 Å². The summed E-state index contributed by atoms with van der Waals surface area (Å²) in [6.45, 7) is 6.28. The Labute approximate surface area is 326 Å². The maximum Gasteiger partial charge on any atom is 0.259 e. The number of aryl methyl sites for hydroxylation is 1. The third-order valence-corrected chi connectivity index (χ3v) is 10.2. The second kappa shape index (κ2) is 20.5. The van der Waals surface area contributed by atoms with Gasteiger partial charge in [0.2, 0.25) is 17.7 Å². The lowest BCUT2D eigenvalue weighted by molar-refractivity contribution is -0.139. The van der Waals surface area contributed by atoms with Crippen LogP contribution in [-0.4, -0.2) is 126 Å². The molecule has 56 heavy (non-hydrogen) atoms. The number of ether oxygens (including phenoxy) is 4. The van der Waals surface area contributed by atoms with Crippen LogP contribution in [-0.2, 0) is 39.8 Å². The van der Waals surface area contributed by atoms with Crippen LogP contribution < -0.4 is 21.3 Å². The van der Waals surface area contributed by atoms with Crippen molar-refractivity contribution in [3.05, 3.63) is 53.3 Å². The highest BCUT2D eigenvalue weighted by molar-refractivity contribution is 6.08. The first-order valence-electron chi connectivity index (χ1n) is 19.7. The number of rotatable bonds is 23. The number of aromatic nitrogens is 3. The molecule has 17 nitrogen and oxygen atoms in total. The van der Waals surface area contributed by atoms with Gasteiger partial charge in [-0.15, -0.1) is 0 Å². The van der Waals surface area contributed by atoms with Crippen molar-refractivity contribution in [3.63, 3.8) is 0 Å². The Kier molecular flexibility index (Phi) is 15.0. The zero-order chi connectivity index (χ0) is 39.3. The molecule has 0 bridgehead atoms. The minimum Gasteiger partial charge on any atom is -0.382 e. The van der Waals surface area contributed by atoms with E-state index < -0.39 is 24.1 Å². The molecule has 1 saturated heterocycles. The number of nitrogens with zero attached hydrogens (tertiary/aromatic N) is 4. The number of benzene rings is 1. The molecule has 3 aromatic rings. The molecular formula is C39H54N8O9. The van der Waals surface area contributed by atoms with E-state index >= 15 is 0 Å². The quantitative estimate of drug-likeness (QED) is 0.0693. The molecule has 4 atom stereocenters. The summed E-state index contributed by atoms with van der Waals surface area (Å²) in [5, 5.41) is 27.4. The van der Waals surface area contributed by atoms with Crippen molar-refractivity contribution in [1.82, 2.24) is 30.1 Å². The first kappa shape index (κ1) is 41.0. The topological polar surface area (TPSA) is 207 Å².